The number of benzene rings is 3. The van der Waals surface area contributed by atoms with E-state index in [0.29, 0.717) is 30.1 Å². The number of hydrogen-bond donors (Lipinski definition) is 2. The maximum absolute atomic E-state index is 12.8. The summed E-state index contributed by atoms with van der Waals surface area (Å²) >= 11 is 1.48. The minimum absolute atomic E-state index is 0.0360. The van der Waals surface area contributed by atoms with Crippen LogP contribution in [0.1, 0.15) is 40.9 Å². The Labute approximate surface area is 318 Å². The van der Waals surface area contributed by atoms with Crippen molar-refractivity contribution in [2.24, 2.45) is 0 Å². The average molecular weight is 744 g/mol. The van der Waals surface area contributed by atoms with Crippen LogP contribution < -0.4 is 25.2 Å². The summed E-state index contributed by atoms with van der Waals surface area (Å²) in [6.45, 7) is 12.8. The third-order valence-electron chi connectivity index (χ3n) is 11.4. The van der Waals surface area contributed by atoms with Gasteiger partial charge in [-0.15, -0.1) is 11.3 Å². The second-order valence-corrected chi connectivity index (χ2v) is 16.0. The summed E-state index contributed by atoms with van der Waals surface area (Å²) < 4.78 is 7.17. The molecule has 6 heterocycles. The largest absolute Gasteiger partial charge is 0.489 e. The van der Waals surface area contributed by atoms with Crippen molar-refractivity contribution in [3.63, 3.8) is 0 Å². The van der Waals surface area contributed by atoms with Gasteiger partial charge >= 0.3 is 0 Å². The van der Waals surface area contributed by atoms with Gasteiger partial charge < -0.3 is 19.9 Å². The number of imide groups is 1. The maximum Gasteiger partial charge on any atom is 0.265 e. The molecule has 278 valence electrons. The van der Waals surface area contributed by atoms with Crippen LogP contribution in [0.3, 0.4) is 0 Å². The number of amides is 3. The van der Waals surface area contributed by atoms with E-state index >= 15 is 0 Å². The number of anilines is 2. The number of rotatable bonds is 7. The summed E-state index contributed by atoms with van der Waals surface area (Å²) in [4.78, 5) is 52.3. The quantitative estimate of drug-likeness (QED) is 0.221. The van der Waals surface area contributed by atoms with E-state index in [2.05, 4.69) is 78.8 Å². The van der Waals surface area contributed by atoms with Crippen molar-refractivity contribution in [3.05, 3.63) is 83.2 Å². The Bertz CT molecular complexity index is 2210. The highest BCUT2D eigenvalue weighted by molar-refractivity contribution is 7.21. The molecule has 4 aliphatic heterocycles. The fourth-order valence-corrected chi connectivity index (χ4v) is 9.34. The van der Waals surface area contributed by atoms with E-state index in [1.807, 2.05) is 31.2 Å². The molecule has 0 aliphatic carbocycles. The number of piperidine rings is 1. The van der Waals surface area contributed by atoms with Crippen LogP contribution in [0.15, 0.2) is 72.8 Å². The molecule has 2 atom stereocenters. The molecule has 3 amide bonds. The molecule has 11 nitrogen and oxygen atoms in total. The normalized spacial score (nSPS) is 21.5. The van der Waals surface area contributed by atoms with Crippen molar-refractivity contribution in [3.8, 4) is 17.0 Å². The molecule has 2 N–H and O–H groups in total. The van der Waals surface area contributed by atoms with Crippen LogP contribution in [-0.4, -0.2) is 111 Å². The predicted molar refractivity (Wildman–Crippen MR) is 214 cm³/mol. The molecule has 0 radical (unpaired) electrons. The smallest absolute Gasteiger partial charge is 0.265 e. The molecular weight excluding hydrogens is 699 g/mol. The molecule has 4 aliphatic rings. The number of nitrogens with one attached hydrogen (secondary N) is 2. The number of aromatic nitrogens is 1. The maximum atomic E-state index is 12.8. The fourth-order valence-electron chi connectivity index (χ4n) is 8.27. The zero-order valence-electron chi connectivity index (χ0n) is 30.6. The highest BCUT2D eigenvalue weighted by Gasteiger charge is 2.29. The summed E-state index contributed by atoms with van der Waals surface area (Å²) in [6, 6.07) is 25.4. The van der Waals surface area contributed by atoms with Gasteiger partial charge in [0.1, 0.15) is 11.5 Å². The highest BCUT2D eigenvalue weighted by Crippen LogP contribution is 2.43. The Morgan fingerprint density at radius 1 is 0.778 bits per heavy atom. The highest BCUT2D eigenvalue weighted by atomic mass is 32.1. The van der Waals surface area contributed by atoms with Crippen LogP contribution in [0.5, 0.6) is 5.75 Å². The number of thiophene rings is 1. The fraction of sp³-hybridized carbons (Fsp3) is 0.381. The van der Waals surface area contributed by atoms with Crippen LogP contribution in [0.25, 0.3) is 32.2 Å². The van der Waals surface area contributed by atoms with Crippen molar-refractivity contribution in [1.82, 2.24) is 25.4 Å². The zero-order chi connectivity index (χ0) is 36.8. The van der Waals surface area contributed by atoms with Gasteiger partial charge in [-0.2, -0.15) is 0 Å². The van der Waals surface area contributed by atoms with Crippen molar-refractivity contribution >= 4 is 61.4 Å². The van der Waals surface area contributed by atoms with Gasteiger partial charge in [0.05, 0.1) is 23.2 Å². The summed E-state index contributed by atoms with van der Waals surface area (Å²) in [6.07, 6.45) is 0.983. The van der Waals surface area contributed by atoms with E-state index in [1.54, 1.807) is 0 Å². The van der Waals surface area contributed by atoms with Gasteiger partial charge in [-0.1, -0.05) is 24.3 Å². The molecule has 3 saturated heterocycles. The number of piperazine rings is 2. The van der Waals surface area contributed by atoms with Crippen molar-refractivity contribution in [2.45, 2.75) is 31.7 Å². The molecule has 0 bridgehead atoms. The summed E-state index contributed by atoms with van der Waals surface area (Å²) in [5.41, 5.74) is 6.32. The minimum atomic E-state index is -0.237. The van der Waals surface area contributed by atoms with E-state index in [1.165, 1.54) is 22.7 Å². The minimum Gasteiger partial charge on any atom is -0.489 e. The Morgan fingerprint density at radius 3 is 2.07 bits per heavy atom. The van der Waals surface area contributed by atoms with Gasteiger partial charge in [-0.05, 0) is 67.4 Å². The summed E-state index contributed by atoms with van der Waals surface area (Å²) in [5, 5.41) is 7.45. The zero-order valence-corrected chi connectivity index (χ0v) is 31.4. The first-order chi connectivity index (χ1) is 26.4. The van der Waals surface area contributed by atoms with Crippen molar-refractivity contribution in [1.29, 1.82) is 0 Å². The summed E-state index contributed by atoms with van der Waals surface area (Å²) in [5.74, 6) is 0.00960. The second kappa shape index (κ2) is 14.7. The molecule has 54 heavy (non-hydrogen) atoms. The number of fused-ring (bicyclic) bond motifs is 5. The Hall–Kier alpha value is -5.04. The third-order valence-corrected chi connectivity index (χ3v) is 12.6. The number of ether oxygens (including phenoxy) is 1. The monoisotopic (exact) mass is 743 g/mol. The molecule has 9 rings (SSSR count). The predicted octanol–water partition coefficient (Wildman–Crippen LogP) is 5.09. The van der Waals surface area contributed by atoms with E-state index in [0.717, 1.165) is 103 Å². The SMILES string of the molecule is C[C@@H]1COc2c(sc3ccc4nc(-c5ccc(N6CCN(CCN7CCN(c8ccc(C9CCC(=O)NC9=O)cc8)CC7)CC6)cc5)ccc4c23)C(=O)N1. The lowest BCUT2D eigenvalue weighted by atomic mass is 9.90. The lowest BCUT2D eigenvalue weighted by Gasteiger charge is -2.39. The van der Waals surface area contributed by atoms with Gasteiger partial charge in [0.25, 0.3) is 5.91 Å². The molecule has 2 aromatic heterocycles. The number of pyridine rings is 1. The van der Waals surface area contributed by atoms with Crippen molar-refractivity contribution < 1.29 is 19.1 Å². The number of carbonyl (C=O) groups is 3. The molecule has 0 saturated carbocycles. The molecular formula is C42H45N7O4S. The van der Waals surface area contributed by atoms with E-state index in [-0.39, 0.29) is 29.7 Å². The second-order valence-electron chi connectivity index (χ2n) is 14.9. The van der Waals surface area contributed by atoms with Crippen LogP contribution in [0.4, 0.5) is 11.4 Å². The van der Waals surface area contributed by atoms with Gasteiger partial charge in [0.2, 0.25) is 11.8 Å². The number of carbonyl (C=O) groups excluding carboxylic acids is 3. The third kappa shape index (κ3) is 6.89. The number of nitrogens with zero attached hydrogens (tertiary/aromatic N) is 5. The summed E-state index contributed by atoms with van der Waals surface area (Å²) in [7, 11) is 0. The first-order valence-corrected chi connectivity index (χ1v) is 20.0. The van der Waals surface area contributed by atoms with E-state index in [9.17, 15) is 14.4 Å². The first-order valence-electron chi connectivity index (χ1n) is 19.1. The average Bonchev–Trinajstić information content (AvgIpc) is 3.52. The first kappa shape index (κ1) is 34.7. The van der Waals surface area contributed by atoms with Gasteiger partial charge in [0.15, 0.2) is 5.75 Å². The lowest BCUT2D eigenvalue weighted by Crippen LogP contribution is -2.51. The molecule has 3 aromatic carbocycles. The number of hydrogen-bond acceptors (Lipinski definition) is 10. The molecule has 12 heteroatoms. The standard InChI is InChI=1S/C42H45N7O4S/c1-27-26-53-39-38-33-10-12-34(44-35(33)13-14-36(38)54-40(39)42(52)43-27)29-4-8-31(9-5-29)49-24-20-47(21-25-49)17-16-46-18-22-48(23-19-46)30-6-2-28(3-7-30)32-11-15-37(50)45-41(32)51/h2-10,12-14,27,32H,11,15-26H2,1H3,(H,43,52)(H,45,50,51)/t27-,32?/m1/s1. The molecule has 1 unspecified atom stereocenters. The van der Waals surface area contributed by atoms with E-state index < -0.39 is 0 Å². The van der Waals surface area contributed by atoms with E-state index in [4.69, 9.17) is 9.72 Å². The van der Waals surface area contributed by atoms with Gasteiger partial charge in [0, 0.05) is 104 Å². The topological polar surface area (TPSA) is 110 Å². The van der Waals surface area contributed by atoms with Crippen molar-refractivity contribution in [2.75, 3.05) is 81.9 Å². The molecule has 0 spiro atoms. The van der Waals surface area contributed by atoms with Crippen LogP contribution in [0.2, 0.25) is 0 Å². The molecule has 5 aromatic rings. The van der Waals surface area contributed by atoms with Gasteiger partial charge in [-0.25, -0.2) is 4.98 Å². The molecule has 3 fully saturated rings. The van der Waals surface area contributed by atoms with Gasteiger partial charge in [-0.3, -0.25) is 29.5 Å². The Kier molecular flexibility index (Phi) is 9.42. The Balaban J connectivity index is 0.755. The Morgan fingerprint density at radius 2 is 1.43 bits per heavy atom. The van der Waals surface area contributed by atoms with Crippen LogP contribution in [0, 0.1) is 0 Å². The van der Waals surface area contributed by atoms with Crippen LogP contribution in [-0.2, 0) is 9.59 Å². The lowest BCUT2D eigenvalue weighted by molar-refractivity contribution is -0.134. The van der Waals surface area contributed by atoms with Crippen LogP contribution >= 0.6 is 11.3 Å².